The first kappa shape index (κ1) is 14.7. The van der Waals surface area contributed by atoms with Crippen LogP contribution in [0.15, 0.2) is 30.7 Å². The van der Waals surface area contributed by atoms with Crippen LogP contribution in [0.4, 0.5) is 11.8 Å². The molecule has 1 aliphatic heterocycles. The minimum atomic E-state index is 0.133. The number of nitrogens with zero attached hydrogens (tertiary/aromatic N) is 4. The highest BCUT2D eigenvalue weighted by Gasteiger charge is 2.26. The third-order valence-electron chi connectivity index (χ3n) is 3.99. The van der Waals surface area contributed by atoms with Crippen molar-refractivity contribution in [2.45, 2.75) is 32.4 Å². The molecular formula is C16H21N5O. The van der Waals surface area contributed by atoms with Gasteiger partial charge in [0.2, 0.25) is 5.95 Å². The van der Waals surface area contributed by atoms with Crippen molar-refractivity contribution >= 4 is 11.8 Å². The molecule has 3 rings (SSSR count). The predicted octanol–water partition coefficient (Wildman–Crippen LogP) is 1.75. The maximum absolute atomic E-state index is 9.45. The standard InChI is InChI=1S/C16H21N5O/c1-12-8-19-16(21-7-3-5-14(21)11-22)20-15(12)18-10-13-4-2-6-17-9-13/h2,4,6,8-9,14,22H,3,5,7,10-11H2,1H3,(H,18,19,20). The molecule has 0 bridgehead atoms. The second-order valence-corrected chi connectivity index (χ2v) is 5.59. The molecule has 116 valence electrons. The summed E-state index contributed by atoms with van der Waals surface area (Å²) in [5.41, 5.74) is 2.11. The van der Waals surface area contributed by atoms with Gasteiger partial charge in [-0.1, -0.05) is 6.07 Å². The highest BCUT2D eigenvalue weighted by molar-refractivity contribution is 5.48. The lowest BCUT2D eigenvalue weighted by Crippen LogP contribution is -2.33. The Morgan fingerprint density at radius 3 is 3.09 bits per heavy atom. The first-order valence-electron chi connectivity index (χ1n) is 7.62. The van der Waals surface area contributed by atoms with Crippen molar-refractivity contribution in [1.29, 1.82) is 0 Å². The fraction of sp³-hybridized carbons (Fsp3) is 0.438. The van der Waals surface area contributed by atoms with Crippen LogP contribution in [-0.2, 0) is 6.54 Å². The van der Waals surface area contributed by atoms with Crippen LogP contribution >= 0.6 is 0 Å². The zero-order valence-electron chi connectivity index (χ0n) is 12.7. The van der Waals surface area contributed by atoms with Gasteiger partial charge in [0.1, 0.15) is 5.82 Å². The second kappa shape index (κ2) is 6.70. The Morgan fingerprint density at radius 1 is 1.41 bits per heavy atom. The molecule has 1 fully saturated rings. The minimum Gasteiger partial charge on any atom is -0.394 e. The Bertz CT molecular complexity index is 619. The van der Waals surface area contributed by atoms with E-state index in [1.807, 2.05) is 31.5 Å². The van der Waals surface area contributed by atoms with Crippen molar-refractivity contribution in [2.24, 2.45) is 0 Å². The highest BCUT2D eigenvalue weighted by atomic mass is 16.3. The molecular weight excluding hydrogens is 278 g/mol. The van der Waals surface area contributed by atoms with Gasteiger partial charge < -0.3 is 15.3 Å². The van der Waals surface area contributed by atoms with Gasteiger partial charge in [0.15, 0.2) is 0 Å². The van der Waals surface area contributed by atoms with Crippen molar-refractivity contribution in [3.8, 4) is 0 Å². The molecule has 1 aliphatic rings. The van der Waals surface area contributed by atoms with Gasteiger partial charge >= 0.3 is 0 Å². The molecule has 1 unspecified atom stereocenters. The van der Waals surface area contributed by atoms with E-state index in [9.17, 15) is 5.11 Å². The number of anilines is 2. The highest BCUT2D eigenvalue weighted by Crippen LogP contribution is 2.24. The molecule has 1 atom stereocenters. The molecule has 0 spiro atoms. The number of pyridine rings is 1. The lowest BCUT2D eigenvalue weighted by Gasteiger charge is -2.23. The monoisotopic (exact) mass is 299 g/mol. The zero-order chi connectivity index (χ0) is 15.4. The van der Waals surface area contributed by atoms with Crippen LogP contribution in [0.1, 0.15) is 24.0 Å². The van der Waals surface area contributed by atoms with Crippen LogP contribution in [0.25, 0.3) is 0 Å². The van der Waals surface area contributed by atoms with Crippen molar-refractivity contribution in [3.05, 3.63) is 41.9 Å². The number of aryl methyl sites for hydroxylation is 1. The molecule has 0 aliphatic carbocycles. The Morgan fingerprint density at radius 2 is 2.32 bits per heavy atom. The molecule has 0 amide bonds. The van der Waals surface area contributed by atoms with Crippen LogP contribution in [0.5, 0.6) is 0 Å². The second-order valence-electron chi connectivity index (χ2n) is 5.59. The van der Waals surface area contributed by atoms with E-state index >= 15 is 0 Å². The molecule has 2 aromatic rings. The van der Waals surface area contributed by atoms with Crippen molar-refractivity contribution in [3.63, 3.8) is 0 Å². The molecule has 22 heavy (non-hydrogen) atoms. The molecule has 2 aromatic heterocycles. The summed E-state index contributed by atoms with van der Waals surface area (Å²) in [5.74, 6) is 1.52. The average molecular weight is 299 g/mol. The Kier molecular flexibility index (Phi) is 4.48. The normalized spacial score (nSPS) is 17.7. The molecule has 6 heteroatoms. The van der Waals surface area contributed by atoms with Gasteiger partial charge in [-0.2, -0.15) is 4.98 Å². The van der Waals surface area contributed by atoms with E-state index in [1.54, 1.807) is 6.20 Å². The summed E-state index contributed by atoms with van der Waals surface area (Å²) in [7, 11) is 0. The van der Waals surface area contributed by atoms with E-state index in [1.165, 1.54) is 0 Å². The van der Waals surface area contributed by atoms with Gasteiger partial charge in [0.05, 0.1) is 12.6 Å². The first-order chi connectivity index (χ1) is 10.8. The Balaban J connectivity index is 1.75. The lowest BCUT2D eigenvalue weighted by atomic mass is 10.2. The third-order valence-corrected chi connectivity index (χ3v) is 3.99. The predicted molar refractivity (Wildman–Crippen MR) is 85.8 cm³/mol. The van der Waals surface area contributed by atoms with E-state index in [0.29, 0.717) is 12.5 Å². The molecule has 0 radical (unpaired) electrons. The van der Waals surface area contributed by atoms with E-state index in [0.717, 1.165) is 36.3 Å². The Labute approximate surface area is 130 Å². The molecule has 0 aromatic carbocycles. The lowest BCUT2D eigenvalue weighted by molar-refractivity contribution is 0.265. The molecule has 3 heterocycles. The van der Waals surface area contributed by atoms with Crippen LogP contribution in [0.2, 0.25) is 0 Å². The summed E-state index contributed by atoms with van der Waals surface area (Å²) >= 11 is 0. The fourth-order valence-corrected chi connectivity index (χ4v) is 2.73. The van der Waals surface area contributed by atoms with E-state index in [-0.39, 0.29) is 12.6 Å². The topological polar surface area (TPSA) is 74.2 Å². The van der Waals surface area contributed by atoms with Crippen LogP contribution in [0, 0.1) is 6.92 Å². The summed E-state index contributed by atoms with van der Waals surface area (Å²) in [5, 5.41) is 12.8. The summed E-state index contributed by atoms with van der Waals surface area (Å²) in [6.45, 7) is 3.71. The fourth-order valence-electron chi connectivity index (χ4n) is 2.73. The maximum Gasteiger partial charge on any atom is 0.227 e. The van der Waals surface area contributed by atoms with Crippen LogP contribution in [0.3, 0.4) is 0 Å². The van der Waals surface area contributed by atoms with Gasteiger partial charge in [0.25, 0.3) is 0 Å². The zero-order valence-corrected chi connectivity index (χ0v) is 12.7. The molecule has 6 nitrogen and oxygen atoms in total. The number of hydrogen-bond donors (Lipinski definition) is 2. The third kappa shape index (κ3) is 3.17. The van der Waals surface area contributed by atoms with Gasteiger partial charge in [-0.05, 0) is 31.4 Å². The van der Waals surface area contributed by atoms with Crippen LogP contribution in [-0.4, -0.2) is 39.3 Å². The van der Waals surface area contributed by atoms with Crippen molar-refractivity contribution in [2.75, 3.05) is 23.4 Å². The SMILES string of the molecule is Cc1cnc(N2CCCC2CO)nc1NCc1cccnc1. The number of aliphatic hydroxyl groups excluding tert-OH is 1. The summed E-state index contributed by atoms with van der Waals surface area (Å²) in [6.07, 6.45) is 7.50. The van der Waals surface area contributed by atoms with Gasteiger partial charge in [-0.3, -0.25) is 4.98 Å². The van der Waals surface area contributed by atoms with Crippen molar-refractivity contribution < 1.29 is 5.11 Å². The molecule has 0 saturated carbocycles. The number of rotatable bonds is 5. The van der Waals surface area contributed by atoms with Crippen LogP contribution < -0.4 is 10.2 Å². The number of nitrogens with one attached hydrogen (secondary N) is 1. The summed E-state index contributed by atoms with van der Waals surface area (Å²) in [6, 6.07) is 4.08. The largest absolute Gasteiger partial charge is 0.394 e. The maximum atomic E-state index is 9.45. The summed E-state index contributed by atoms with van der Waals surface area (Å²) < 4.78 is 0. The number of hydrogen-bond acceptors (Lipinski definition) is 6. The minimum absolute atomic E-state index is 0.133. The molecule has 2 N–H and O–H groups in total. The Hall–Kier alpha value is -2.21. The van der Waals surface area contributed by atoms with Gasteiger partial charge in [0, 0.05) is 37.2 Å². The number of aliphatic hydroxyl groups is 1. The van der Waals surface area contributed by atoms with E-state index in [2.05, 4.69) is 25.2 Å². The first-order valence-corrected chi connectivity index (χ1v) is 7.62. The summed E-state index contributed by atoms with van der Waals surface area (Å²) in [4.78, 5) is 15.3. The van der Waals surface area contributed by atoms with Crippen molar-refractivity contribution in [1.82, 2.24) is 15.0 Å². The van der Waals surface area contributed by atoms with Gasteiger partial charge in [-0.15, -0.1) is 0 Å². The van der Waals surface area contributed by atoms with E-state index in [4.69, 9.17) is 0 Å². The smallest absolute Gasteiger partial charge is 0.227 e. The quantitative estimate of drug-likeness (QED) is 0.876. The van der Waals surface area contributed by atoms with E-state index < -0.39 is 0 Å². The molecule has 1 saturated heterocycles. The number of aromatic nitrogens is 3. The average Bonchev–Trinajstić information content (AvgIpc) is 3.04. The van der Waals surface area contributed by atoms with Gasteiger partial charge in [-0.25, -0.2) is 4.98 Å².